The van der Waals surface area contributed by atoms with Crippen LogP contribution in [0.2, 0.25) is 0 Å². The molecule has 2 fully saturated rings. The van der Waals surface area contributed by atoms with E-state index in [1.165, 1.54) is 13.7 Å². The Morgan fingerprint density at radius 1 is 0.829 bits per heavy atom. The molecule has 0 saturated carbocycles. The van der Waals surface area contributed by atoms with Crippen LogP contribution in [-0.2, 0) is 40.3 Å². The molecular weight excluding hydrogens is 971 g/mol. The molecule has 76 heavy (non-hydrogen) atoms. The third kappa shape index (κ3) is 12.2. The van der Waals surface area contributed by atoms with Gasteiger partial charge in [0.1, 0.15) is 6.04 Å². The molecular formula is C56H65N11O9. The molecule has 2 saturated heterocycles. The Balaban J connectivity index is 0.844. The number of nitrogens with one attached hydrogen (secondary N) is 4. The SMILES string of the molecule is Cc1c(NC(=O)c2ccc(C(C)(C)C)cc2)cccc1-c1cn(C)c(=O)c(Nc2ccc(C(=O)N3CCN(C(=O)CN(CCCCc4cccc5c4n(C)c(=O)n5C4CCC(=O)NC4=O)CCNC(=O)O)CC3)cc2)n1. The van der Waals surface area contributed by atoms with Crippen molar-refractivity contribution in [2.45, 2.75) is 71.3 Å². The number of imidazole rings is 1. The molecule has 1 atom stereocenters. The summed E-state index contributed by atoms with van der Waals surface area (Å²) in [6, 6.07) is 24.6. The molecule has 6 amide bonds. The van der Waals surface area contributed by atoms with Crippen LogP contribution in [0.25, 0.3) is 22.3 Å². The topological polar surface area (TPSA) is 242 Å². The van der Waals surface area contributed by atoms with E-state index in [4.69, 9.17) is 4.98 Å². The molecule has 8 rings (SSSR count). The minimum atomic E-state index is -1.16. The van der Waals surface area contributed by atoms with Gasteiger partial charge < -0.3 is 35.4 Å². The van der Waals surface area contributed by atoms with E-state index in [0.717, 1.165) is 22.3 Å². The fourth-order valence-electron chi connectivity index (χ4n) is 9.84. The van der Waals surface area contributed by atoms with Gasteiger partial charge in [0.2, 0.25) is 17.7 Å². The Bertz CT molecular complexity index is 3310. The number of aromatic nitrogens is 4. The minimum Gasteiger partial charge on any atom is -0.465 e. The summed E-state index contributed by atoms with van der Waals surface area (Å²) in [6.07, 6.45) is 2.83. The Morgan fingerprint density at radius 2 is 1.51 bits per heavy atom. The molecule has 6 aromatic rings. The quantitative estimate of drug-likeness (QED) is 0.0558. The van der Waals surface area contributed by atoms with Gasteiger partial charge in [-0.15, -0.1) is 0 Å². The van der Waals surface area contributed by atoms with Crippen molar-refractivity contribution in [2.75, 3.05) is 63.0 Å². The number of carbonyl (C=O) groups is 6. The predicted molar refractivity (Wildman–Crippen MR) is 289 cm³/mol. The van der Waals surface area contributed by atoms with Crippen LogP contribution in [0, 0.1) is 6.92 Å². The number of anilines is 3. The second kappa shape index (κ2) is 23.0. The number of fused-ring (bicyclic) bond motifs is 1. The number of hydrogen-bond donors (Lipinski definition) is 5. The van der Waals surface area contributed by atoms with Gasteiger partial charge in [-0.05, 0) is 110 Å². The maximum absolute atomic E-state index is 13.7. The lowest BCUT2D eigenvalue weighted by Crippen LogP contribution is -2.53. The van der Waals surface area contributed by atoms with Crippen molar-refractivity contribution in [1.29, 1.82) is 0 Å². The number of benzene rings is 4. The van der Waals surface area contributed by atoms with E-state index >= 15 is 0 Å². The summed E-state index contributed by atoms with van der Waals surface area (Å²) in [5.41, 5.74) is 6.75. The zero-order valence-electron chi connectivity index (χ0n) is 43.8. The fourth-order valence-corrected chi connectivity index (χ4v) is 9.84. The highest BCUT2D eigenvalue weighted by molar-refractivity contribution is 6.05. The summed E-state index contributed by atoms with van der Waals surface area (Å²) < 4.78 is 4.43. The largest absolute Gasteiger partial charge is 0.465 e. The van der Waals surface area contributed by atoms with E-state index in [1.54, 1.807) is 60.4 Å². The molecule has 2 aliphatic heterocycles. The van der Waals surface area contributed by atoms with Gasteiger partial charge in [-0.1, -0.05) is 57.2 Å². The van der Waals surface area contributed by atoms with Crippen molar-refractivity contribution in [3.63, 3.8) is 0 Å². The van der Waals surface area contributed by atoms with Crippen molar-refractivity contribution in [2.24, 2.45) is 14.1 Å². The van der Waals surface area contributed by atoms with Gasteiger partial charge in [0.15, 0.2) is 5.82 Å². The fraction of sp³-hybridized carbons (Fsp3) is 0.375. The number of para-hydroxylation sites is 1. The van der Waals surface area contributed by atoms with E-state index in [9.17, 15) is 43.5 Å². The average Bonchev–Trinajstić information content (AvgIpc) is 3.71. The number of carbonyl (C=O) groups excluding carboxylic acids is 5. The van der Waals surface area contributed by atoms with Gasteiger partial charge >= 0.3 is 11.8 Å². The van der Waals surface area contributed by atoms with Gasteiger partial charge in [0.05, 0.1) is 23.3 Å². The third-order valence-electron chi connectivity index (χ3n) is 14.2. The number of nitrogens with zero attached hydrogens (tertiary/aromatic N) is 7. The Labute approximate surface area is 439 Å². The summed E-state index contributed by atoms with van der Waals surface area (Å²) >= 11 is 0. The summed E-state index contributed by atoms with van der Waals surface area (Å²) in [7, 11) is 3.30. The maximum atomic E-state index is 13.7. The normalized spacial score (nSPS) is 15.0. The first kappa shape index (κ1) is 53.9. The molecule has 4 aromatic carbocycles. The molecule has 0 bridgehead atoms. The molecule has 0 radical (unpaired) electrons. The van der Waals surface area contributed by atoms with Crippen molar-refractivity contribution in [3.05, 3.63) is 140 Å². The van der Waals surface area contributed by atoms with Crippen molar-refractivity contribution < 1.29 is 33.9 Å². The van der Waals surface area contributed by atoms with Gasteiger partial charge in [0.25, 0.3) is 17.4 Å². The summed E-state index contributed by atoms with van der Waals surface area (Å²) in [6.45, 7) is 10.5. The van der Waals surface area contributed by atoms with E-state index < -0.39 is 18.0 Å². The zero-order valence-corrected chi connectivity index (χ0v) is 43.8. The predicted octanol–water partition coefficient (Wildman–Crippen LogP) is 5.56. The number of carboxylic acid groups (broad SMARTS) is 1. The number of hydrogen-bond acceptors (Lipinski definition) is 11. The van der Waals surface area contributed by atoms with Crippen molar-refractivity contribution in [3.8, 4) is 11.3 Å². The van der Waals surface area contributed by atoms with Crippen LogP contribution >= 0.6 is 0 Å². The maximum Gasteiger partial charge on any atom is 0.404 e. The molecule has 20 heteroatoms. The minimum absolute atomic E-state index is 0.0417. The Morgan fingerprint density at radius 3 is 2.20 bits per heavy atom. The standard InChI is InChI=1S/C56H65N11O9/c1-35-41(13-10-14-42(35)60-50(70)37-16-20-39(21-17-37)56(2,3)4)43-33-62(5)53(73)49(59-43)58-40-22-18-38(19-23-40)52(72)66-31-29-65(30-32-66)47(69)34-64(28-26-57-54(74)75)27-8-7-11-36-12-9-15-44-48(36)63(6)55(76)67(44)45-24-25-46(68)61-51(45)71/h9-10,12-23,33,45,57H,7-8,11,24-32,34H2,1-6H3,(H,58,59)(H,60,70)(H,74,75)(H,61,68,71). The first-order valence-electron chi connectivity index (χ1n) is 25.5. The monoisotopic (exact) mass is 1040 g/mol. The molecule has 0 spiro atoms. The highest BCUT2D eigenvalue weighted by Gasteiger charge is 2.32. The van der Waals surface area contributed by atoms with Crippen molar-refractivity contribution in [1.82, 2.24) is 44.0 Å². The molecule has 2 aromatic heterocycles. The smallest absolute Gasteiger partial charge is 0.404 e. The van der Waals surface area contributed by atoms with Crippen LogP contribution in [0.1, 0.15) is 89.9 Å². The summed E-state index contributed by atoms with van der Waals surface area (Å²) in [4.78, 5) is 113. The first-order chi connectivity index (χ1) is 36.3. The number of amides is 6. The van der Waals surface area contributed by atoms with Crippen molar-refractivity contribution >= 4 is 63.9 Å². The molecule has 1 unspecified atom stereocenters. The van der Waals surface area contributed by atoms with Crippen LogP contribution in [0.15, 0.2) is 101 Å². The summed E-state index contributed by atoms with van der Waals surface area (Å²) in [5, 5.41) is 20.1. The first-order valence-corrected chi connectivity index (χ1v) is 25.5. The molecule has 20 nitrogen and oxygen atoms in total. The Hall–Kier alpha value is -8.39. The second-order valence-electron chi connectivity index (χ2n) is 20.5. The highest BCUT2D eigenvalue weighted by Crippen LogP contribution is 2.30. The third-order valence-corrected chi connectivity index (χ3v) is 14.2. The van der Waals surface area contributed by atoms with Gasteiger partial charge in [-0.3, -0.25) is 48.1 Å². The van der Waals surface area contributed by atoms with Crippen LogP contribution in [0.5, 0.6) is 0 Å². The highest BCUT2D eigenvalue weighted by atomic mass is 16.4. The molecule has 5 N–H and O–H groups in total. The molecule has 0 aliphatic carbocycles. The van der Waals surface area contributed by atoms with Gasteiger partial charge in [-0.25, -0.2) is 14.6 Å². The number of aryl methyl sites for hydroxylation is 3. The molecule has 2 aliphatic rings. The van der Waals surface area contributed by atoms with E-state index in [1.807, 2.05) is 66.4 Å². The zero-order chi connectivity index (χ0) is 54.4. The van der Waals surface area contributed by atoms with E-state index in [2.05, 4.69) is 42.0 Å². The van der Waals surface area contributed by atoms with Gasteiger partial charge in [0, 0.05) is 94.0 Å². The lowest BCUT2D eigenvalue weighted by Gasteiger charge is -2.36. The summed E-state index contributed by atoms with van der Waals surface area (Å²) in [5.74, 6) is -1.36. The molecule has 398 valence electrons. The number of piperidine rings is 1. The number of rotatable bonds is 17. The molecule has 4 heterocycles. The number of unbranched alkanes of at least 4 members (excludes halogenated alkanes) is 1. The van der Waals surface area contributed by atoms with E-state index in [-0.39, 0.29) is 72.0 Å². The van der Waals surface area contributed by atoms with Crippen LogP contribution < -0.4 is 32.5 Å². The van der Waals surface area contributed by atoms with Crippen LogP contribution in [0.4, 0.5) is 22.0 Å². The number of imide groups is 1. The van der Waals surface area contributed by atoms with Crippen LogP contribution in [0.3, 0.4) is 0 Å². The average molecular weight is 1040 g/mol. The lowest BCUT2D eigenvalue weighted by atomic mass is 9.86. The van der Waals surface area contributed by atoms with Gasteiger partial charge in [-0.2, -0.15) is 0 Å². The second-order valence-corrected chi connectivity index (χ2v) is 20.5. The number of piperazine rings is 1. The van der Waals surface area contributed by atoms with E-state index in [0.29, 0.717) is 97.8 Å². The Kier molecular flexibility index (Phi) is 16.3. The lowest BCUT2D eigenvalue weighted by molar-refractivity contribution is -0.136. The van der Waals surface area contributed by atoms with Crippen LogP contribution in [-0.4, -0.2) is 126 Å².